The van der Waals surface area contributed by atoms with Crippen molar-refractivity contribution in [3.05, 3.63) is 33.9 Å². The zero-order valence-corrected chi connectivity index (χ0v) is 10.5. The highest BCUT2D eigenvalue weighted by molar-refractivity contribution is 5.99. The molecule has 98 valence electrons. The molecular weight excluding hydrogens is 234 g/mol. The molecule has 0 unspecified atom stereocenters. The van der Waals surface area contributed by atoms with Gasteiger partial charge in [0.15, 0.2) is 0 Å². The molecule has 0 aromatic heterocycles. The number of benzene rings is 1. The Bertz CT molecular complexity index is 460. The summed E-state index contributed by atoms with van der Waals surface area (Å²) in [6.45, 7) is 4.99. The van der Waals surface area contributed by atoms with Gasteiger partial charge in [0, 0.05) is 30.9 Å². The van der Waals surface area contributed by atoms with Crippen molar-refractivity contribution in [1.82, 2.24) is 4.90 Å². The van der Waals surface area contributed by atoms with Gasteiger partial charge >= 0.3 is 0 Å². The van der Waals surface area contributed by atoms with Crippen LogP contribution in [-0.4, -0.2) is 28.8 Å². The lowest BCUT2D eigenvalue weighted by atomic mass is 10.1. The van der Waals surface area contributed by atoms with E-state index in [4.69, 9.17) is 5.73 Å². The first-order valence-corrected chi connectivity index (χ1v) is 5.84. The molecule has 0 saturated carbocycles. The number of nitro benzene ring substituents is 1. The molecule has 0 heterocycles. The second-order valence-corrected chi connectivity index (χ2v) is 3.91. The minimum Gasteiger partial charge on any atom is -0.398 e. The lowest BCUT2D eigenvalue weighted by Gasteiger charge is -2.20. The Balaban J connectivity index is 3.10. The number of carbonyl (C=O) groups excluding carboxylic acids is 1. The number of nitro groups is 1. The van der Waals surface area contributed by atoms with Crippen molar-refractivity contribution in [3.8, 4) is 0 Å². The molecule has 0 aliphatic rings. The summed E-state index contributed by atoms with van der Waals surface area (Å²) in [6, 6.07) is 3.92. The Morgan fingerprint density at radius 3 is 2.61 bits per heavy atom. The Kier molecular flexibility index (Phi) is 4.65. The first-order valence-electron chi connectivity index (χ1n) is 5.84. The Hall–Kier alpha value is -2.11. The van der Waals surface area contributed by atoms with Gasteiger partial charge in [0.2, 0.25) is 0 Å². The van der Waals surface area contributed by atoms with Crippen molar-refractivity contribution < 1.29 is 9.72 Å². The molecule has 1 aromatic rings. The van der Waals surface area contributed by atoms with Crippen LogP contribution in [0.5, 0.6) is 0 Å². The summed E-state index contributed by atoms with van der Waals surface area (Å²) in [5.41, 5.74) is 6.04. The monoisotopic (exact) mass is 251 g/mol. The molecule has 2 N–H and O–H groups in total. The van der Waals surface area contributed by atoms with Crippen molar-refractivity contribution in [2.45, 2.75) is 20.3 Å². The number of amides is 1. The number of non-ortho nitro benzene ring substituents is 1. The molecule has 0 aliphatic carbocycles. The maximum Gasteiger partial charge on any atom is 0.270 e. The molecule has 1 amide bonds. The number of nitrogen functional groups attached to an aromatic ring is 1. The molecule has 0 saturated heterocycles. The van der Waals surface area contributed by atoms with E-state index in [1.165, 1.54) is 18.2 Å². The van der Waals surface area contributed by atoms with Gasteiger partial charge in [-0.25, -0.2) is 0 Å². The Labute approximate surface area is 106 Å². The third kappa shape index (κ3) is 2.97. The van der Waals surface area contributed by atoms with Crippen LogP contribution >= 0.6 is 0 Å². The molecule has 0 bridgehead atoms. The van der Waals surface area contributed by atoms with E-state index in [2.05, 4.69) is 0 Å². The topological polar surface area (TPSA) is 89.5 Å². The summed E-state index contributed by atoms with van der Waals surface area (Å²) in [4.78, 5) is 24.0. The van der Waals surface area contributed by atoms with Gasteiger partial charge in [-0.05, 0) is 19.4 Å². The van der Waals surface area contributed by atoms with Gasteiger partial charge in [-0.15, -0.1) is 0 Å². The highest BCUT2D eigenvalue weighted by Gasteiger charge is 2.19. The van der Waals surface area contributed by atoms with E-state index in [0.29, 0.717) is 13.1 Å². The van der Waals surface area contributed by atoms with E-state index < -0.39 is 4.92 Å². The number of nitrogens with two attached hydrogens (primary N) is 1. The summed E-state index contributed by atoms with van der Waals surface area (Å²) in [6.07, 6.45) is 0.828. The number of anilines is 1. The Morgan fingerprint density at radius 1 is 1.44 bits per heavy atom. The van der Waals surface area contributed by atoms with E-state index >= 15 is 0 Å². The highest BCUT2D eigenvalue weighted by Crippen LogP contribution is 2.21. The molecule has 0 atom stereocenters. The van der Waals surface area contributed by atoms with E-state index in [1.54, 1.807) is 4.90 Å². The van der Waals surface area contributed by atoms with Crippen molar-refractivity contribution in [1.29, 1.82) is 0 Å². The summed E-state index contributed by atoms with van der Waals surface area (Å²) >= 11 is 0. The minimum absolute atomic E-state index is 0.125. The predicted octanol–water partition coefficient (Wildman–Crippen LogP) is 2.05. The highest BCUT2D eigenvalue weighted by atomic mass is 16.6. The summed E-state index contributed by atoms with van der Waals surface area (Å²) < 4.78 is 0. The van der Waals surface area contributed by atoms with E-state index in [1.807, 2.05) is 13.8 Å². The van der Waals surface area contributed by atoms with Crippen molar-refractivity contribution in [2.75, 3.05) is 18.8 Å². The number of rotatable bonds is 5. The van der Waals surface area contributed by atoms with Crippen molar-refractivity contribution in [2.24, 2.45) is 0 Å². The van der Waals surface area contributed by atoms with Crippen LogP contribution in [0, 0.1) is 10.1 Å². The van der Waals surface area contributed by atoms with E-state index in [9.17, 15) is 14.9 Å². The van der Waals surface area contributed by atoms with E-state index in [0.717, 1.165) is 6.42 Å². The minimum atomic E-state index is -0.535. The van der Waals surface area contributed by atoms with Crippen LogP contribution < -0.4 is 5.73 Å². The fourth-order valence-corrected chi connectivity index (χ4v) is 1.69. The third-order valence-electron chi connectivity index (χ3n) is 2.64. The van der Waals surface area contributed by atoms with Gasteiger partial charge in [0.1, 0.15) is 0 Å². The smallest absolute Gasteiger partial charge is 0.270 e. The number of hydrogen-bond acceptors (Lipinski definition) is 4. The first kappa shape index (κ1) is 14.0. The Morgan fingerprint density at radius 2 is 2.11 bits per heavy atom. The fourth-order valence-electron chi connectivity index (χ4n) is 1.69. The molecule has 0 radical (unpaired) electrons. The lowest BCUT2D eigenvalue weighted by molar-refractivity contribution is -0.384. The second kappa shape index (κ2) is 6.00. The number of hydrogen-bond donors (Lipinski definition) is 1. The second-order valence-electron chi connectivity index (χ2n) is 3.91. The normalized spacial score (nSPS) is 10.1. The van der Waals surface area contributed by atoms with Gasteiger partial charge in [0.05, 0.1) is 10.5 Å². The SMILES string of the molecule is CCCN(CC)C(=O)c1cc([N+](=O)[O-])ccc1N. The predicted molar refractivity (Wildman–Crippen MR) is 69.4 cm³/mol. The van der Waals surface area contributed by atoms with Crippen LogP contribution in [-0.2, 0) is 0 Å². The molecule has 1 aromatic carbocycles. The summed E-state index contributed by atoms with van der Waals surface area (Å²) in [7, 11) is 0. The molecule has 0 fully saturated rings. The van der Waals surface area contributed by atoms with Crippen LogP contribution in [0.1, 0.15) is 30.6 Å². The summed E-state index contributed by atoms with van der Waals surface area (Å²) in [5.74, 6) is -0.263. The van der Waals surface area contributed by atoms with Crippen molar-refractivity contribution >= 4 is 17.3 Å². The van der Waals surface area contributed by atoms with Crippen molar-refractivity contribution in [3.63, 3.8) is 0 Å². The molecule has 6 heteroatoms. The largest absolute Gasteiger partial charge is 0.398 e. The van der Waals surface area contributed by atoms with Crippen LogP contribution in [0.15, 0.2) is 18.2 Å². The lowest BCUT2D eigenvalue weighted by Crippen LogP contribution is -2.32. The molecule has 18 heavy (non-hydrogen) atoms. The quantitative estimate of drug-likeness (QED) is 0.492. The third-order valence-corrected chi connectivity index (χ3v) is 2.64. The molecule has 6 nitrogen and oxygen atoms in total. The van der Waals surface area contributed by atoms with Gasteiger partial charge in [-0.2, -0.15) is 0 Å². The van der Waals surface area contributed by atoms with Crippen LogP contribution in [0.2, 0.25) is 0 Å². The van der Waals surface area contributed by atoms with Crippen LogP contribution in [0.4, 0.5) is 11.4 Å². The van der Waals surface area contributed by atoms with E-state index in [-0.39, 0.29) is 22.8 Å². The number of carbonyl (C=O) groups is 1. The zero-order chi connectivity index (χ0) is 13.7. The number of nitrogens with zero attached hydrogens (tertiary/aromatic N) is 2. The maximum atomic E-state index is 12.2. The first-order chi connectivity index (χ1) is 8.51. The van der Waals surface area contributed by atoms with Crippen LogP contribution in [0.25, 0.3) is 0 Å². The fraction of sp³-hybridized carbons (Fsp3) is 0.417. The molecule has 1 rings (SSSR count). The molecule has 0 aliphatic heterocycles. The molecule has 0 spiro atoms. The molecular formula is C12H17N3O3. The zero-order valence-electron chi connectivity index (χ0n) is 10.5. The average molecular weight is 251 g/mol. The van der Waals surface area contributed by atoms with Gasteiger partial charge in [-0.1, -0.05) is 6.92 Å². The van der Waals surface area contributed by atoms with Gasteiger partial charge in [0.25, 0.3) is 11.6 Å². The van der Waals surface area contributed by atoms with Gasteiger partial charge in [-0.3, -0.25) is 14.9 Å². The average Bonchev–Trinajstić information content (AvgIpc) is 2.35. The van der Waals surface area contributed by atoms with Gasteiger partial charge < -0.3 is 10.6 Å². The van der Waals surface area contributed by atoms with Crippen LogP contribution in [0.3, 0.4) is 0 Å². The standard InChI is InChI=1S/C12H17N3O3/c1-3-7-14(4-2)12(16)10-8-9(15(17)18)5-6-11(10)13/h5-6,8H,3-4,7,13H2,1-2H3. The summed E-state index contributed by atoms with van der Waals surface area (Å²) in [5, 5.41) is 10.7. The maximum absolute atomic E-state index is 12.2.